The third kappa shape index (κ3) is 3.60. The Balaban J connectivity index is 2.34. The van der Waals surface area contributed by atoms with E-state index in [-0.39, 0.29) is 5.75 Å². The van der Waals surface area contributed by atoms with Crippen molar-refractivity contribution >= 4 is 10.9 Å². The minimum atomic E-state index is -4.68. The molecule has 0 unspecified atom stereocenters. The van der Waals surface area contributed by atoms with Crippen molar-refractivity contribution in [3.63, 3.8) is 0 Å². The maximum atomic E-state index is 12.2. The number of likely N-dealkylation sites (N-methyl/N-ethyl adjacent to an activating group) is 1. The number of pyridine rings is 1. The van der Waals surface area contributed by atoms with Gasteiger partial charge < -0.3 is 10.1 Å². The second kappa shape index (κ2) is 5.66. The fourth-order valence-electron chi connectivity index (χ4n) is 1.99. The average molecular weight is 284 g/mol. The lowest BCUT2D eigenvalue weighted by molar-refractivity contribution is -0.274. The summed E-state index contributed by atoms with van der Waals surface area (Å²) in [7, 11) is 1.86. The normalized spacial score (nSPS) is 11.8. The molecule has 0 aliphatic heterocycles. The average Bonchev–Trinajstić information content (AvgIpc) is 2.34. The fourth-order valence-corrected chi connectivity index (χ4v) is 1.99. The maximum Gasteiger partial charge on any atom is 0.573 e. The smallest absolute Gasteiger partial charge is 0.406 e. The van der Waals surface area contributed by atoms with E-state index >= 15 is 0 Å². The topological polar surface area (TPSA) is 34.2 Å². The lowest BCUT2D eigenvalue weighted by Crippen LogP contribution is -2.17. The fraction of sp³-hybridized carbons (Fsp3) is 0.357. The summed E-state index contributed by atoms with van der Waals surface area (Å²) in [6, 6.07) is 6.00. The van der Waals surface area contributed by atoms with Crippen molar-refractivity contribution in [3.05, 3.63) is 35.5 Å². The van der Waals surface area contributed by atoms with E-state index in [1.165, 1.54) is 12.1 Å². The molecule has 0 saturated heterocycles. The molecule has 0 spiro atoms. The van der Waals surface area contributed by atoms with Crippen molar-refractivity contribution in [2.24, 2.45) is 0 Å². The molecule has 0 radical (unpaired) electrons. The summed E-state index contributed by atoms with van der Waals surface area (Å²) in [5, 5.41) is 3.68. The molecule has 1 aromatic carbocycles. The molecule has 0 aliphatic carbocycles. The predicted octanol–water partition coefficient (Wildman–Crippen LogP) is 3.20. The maximum absolute atomic E-state index is 12.2. The molecule has 20 heavy (non-hydrogen) atoms. The van der Waals surface area contributed by atoms with Crippen LogP contribution in [-0.4, -0.2) is 24.9 Å². The Hall–Kier alpha value is -1.82. The van der Waals surface area contributed by atoms with Gasteiger partial charge in [-0.25, -0.2) is 0 Å². The molecule has 1 N–H and O–H groups in total. The molecule has 2 rings (SSSR count). The van der Waals surface area contributed by atoms with Crippen LogP contribution in [-0.2, 0) is 6.42 Å². The van der Waals surface area contributed by atoms with Gasteiger partial charge in [-0.1, -0.05) is 0 Å². The van der Waals surface area contributed by atoms with Gasteiger partial charge in [-0.15, -0.1) is 13.2 Å². The molecular weight excluding hydrogens is 269 g/mol. The predicted molar refractivity (Wildman–Crippen MR) is 70.8 cm³/mol. The van der Waals surface area contributed by atoms with E-state index in [2.05, 4.69) is 15.0 Å². The van der Waals surface area contributed by atoms with Gasteiger partial charge in [-0.05, 0) is 43.8 Å². The van der Waals surface area contributed by atoms with Crippen molar-refractivity contribution in [2.45, 2.75) is 19.7 Å². The number of fused-ring (bicyclic) bond motifs is 1. The van der Waals surface area contributed by atoms with Crippen LogP contribution in [0, 0.1) is 6.92 Å². The lowest BCUT2D eigenvalue weighted by atomic mass is 10.1. The Morgan fingerprint density at radius 1 is 1.25 bits per heavy atom. The number of hydrogen-bond acceptors (Lipinski definition) is 3. The number of ether oxygens (including phenoxy) is 1. The third-order valence-electron chi connectivity index (χ3n) is 2.93. The first-order valence-electron chi connectivity index (χ1n) is 6.19. The molecule has 6 heteroatoms. The summed E-state index contributed by atoms with van der Waals surface area (Å²) in [5.74, 6) is -0.228. The van der Waals surface area contributed by atoms with Gasteiger partial charge in [-0.3, -0.25) is 4.98 Å². The van der Waals surface area contributed by atoms with E-state index < -0.39 is 6.36 Å². The van der Waals surface area contributed by atoms with Crippen molar-refractivity contribution < 1.29 is 17.9 Å². The summed E-state index contributed by atoms with van der Waals surface area (Å²) in [5.41, 5.74) is 2.56. The highest BCUT2D eigenvalue weighted by Gasteiger charge is 2.31. The molecule has 3 nitrogen and oxygen atoms in total. The number of alkyl halides is 3. The van der Waals surface area contributed by atoms with Crippen LogP contribution in [0.25, 0.3) is 10.9 Å². The standard InChI is InChI=1S/C14H15F3N2O/c1-9-7-10-8-11(20-14(15,16)17)3-4-13(10)19-12(9)5-6-18-2/h3-4,7-8,18H,5-6H2,1-2H3. The zero-order valence-electron chi connectivity index (χ0n) is 11.2. The van der Waals surface area contributed by atoms with Crippen molar-refractivity contribution in [3.8, 4) is 5.75 Å². The number of nitrogens with zero attached hydrogens (tertiary/aromatic N) is 1. The minimum Gasteiger partial charge on any atom is -0.406 e. The number of benzene rings is 1. The van der Waals surface area contributed by atoms with Gasteiger partial charge in [0, 0.05) is 24.0 Å². The Morgan fingerprint density at radius 3 is 2.65 bits per heavy atom. The van der Waals surface area contributed by atoms with E-state index in [4.69, 9.17) is 0 Å². The Labute approximate surface area is 114 Å². The van der Waals surface area contributed by atoms with Gasteiger partial charge in [0.15, 0.2) is 0 Å². The van der Waals surface area contributed by atoms with Crippen molar-refractivity contribution in [1.29, 1.82) is 0 Å². The molecule has 0 bridgehead atoms. The zero-order chi connectivity index (χ0) is 14.8. The summed E-state index contributed by atoms with van der Waals surface area (Å²) >= 11 is 0. The summed E-state index contributed by atoms with van der Waals surface area (Å²) in [6.07, 6.45) is -3.90. The second-order valence-electron chi connectivity index (χ2n) is 4.51. The van der Waals surface area contributed by atoms with E-state index in [1.807, 2.05) is 20.0 Å². The first-order valence-corrected chi connectivity index (χ1v) is 6.19. The second-order valence-corrected chi connectivity index (χ2v) is 4.51. The quantitative estimate of drug-likeness (QED) is 0.936. The third-order valence-corrected chi connectivity index (χ3v) is 2.93. The molecule has 0 aliphatic rings. The van der Waals surface area contributed by atoms with Gasteiger partial charge >= 0.3 is 6.36 Å². The molecule has 0 fully saturated rings. The molecule has 108 valence electrons. The highest BCUT2D eigenvalue weighted by molar-refractivity contribution is 5.81. The summed E-state index contributed by atoms with van der Waals surface area (Å²) in [6.45, 7) is 2.70. The monoisotopic (exact) mass is 284 g/mol. The number of halogens is 3. The number of rotatable bonds is 4. The van der Waals surface area contributed by atoms with Gasteiger partial charge in [0.05, 0.1) is 5.52 Å². The number of hydrogen-bond donors (Lipinski definition) is 1. The molecule has 1 aromatic heterocycles. The first-order chi connectivity index (χ1) is 9.39. The molecule has 1 heterocycles. The van der Waals surface area contributed by atoms with Gasteiger partial charge in [-0.2, -0.15) is 0 Å². The number of aryl methyl sites for hydroxylation is 1. The minimum absolute atomic E-state index is 0.228. The largest absolute Gasteiger partial charge is 0.573 e. The van der Waals surface area contributed by atoms with Crippen LogP contribution >= 0.6 is 0 Å². The van der Waals surface area contributed by atoms with Crippen LogP contribution in [0.1, 0.15) is 11.3 Å². The van der Waals surface area contributed by atoms with Crippen molar-refractivity contribution in [2.75, 3.05) is 13.6 Å². The van der Waals surface area contributed by atoms with E-state index in [9.17, 15) is 13.2 Å². The number of aromatic nitrogens is 1. The molecule has 0 amide bonds. The Kier molecular flexibility index (Phi) is 4.13. The van der Waals surface area contributed by atoms with Crippen LogP contribution < -0.4 is 10.1 Å². The van der Waals surface area contributed by atoms with Crippen molar-refractivity contribution in [1.82, 2.24) is 10.3 Å². The first kappa shape index (κ1) is 14.6. The van der Waals surface area contributed by atoms with Gasteiger partial charge in [0.1, 0.15) is 5.75 Å². The van der Waals surface area contributed by atoms with Crippen LogP contribution in [0.3, 0.4) is 0 Å². The SMILES string of the molecule is CNCCc1nc2ccc(OC(F)(F)F)cc2cc1C. The van der Waals surface area contributed by atoms with Gasteiger partial charge in [0.2, 0.25) is 0 Å². The molecule has 2 aromatic rings. The van der Waals surface area contributed by atoms with Crippen LogP contribution in [0.4, 0.5) is 13.2 Å². The molecule has 0 atom stereocenters. The van der Waals surface area contributed by atoms with Crippen LogP contribution in [0.15, 0.2) is 24.3 Å². The highest BCUT2D eigenvalue weighted by Crippen LogP contribution is 2.26. The molecule has 0 saturated carbocycles. The van der Waals surface area contributed by atoms with Crippen LogP contribution in [0.5, 0.6) is 5.75 Å². The van der Waals surface area contributed by atoms with E-state index in [0.717, 1.165) is 24.2 Å². The van der Waals surface area contributed by atoms with Gasteiger partial charge in [0.25, 0.3) is 0 Å². The lowest BCUT2D eigenvalue weighted by Gasteiger charge is -2.11. The van der Waals surface area contributed by atoms with E-state index in [0.29, 0.717) is 10.9 Å². The highest BCUT2D eigenvalue weighted by atomic mass is 19.4. The Bertz CT molecular complexity index is 611. The van der Waals surface area contributed by atoms with Crippen LogP contribution in [0.2, 0.25) is 0 Å². The zero-order valence-corrected chi connectivity index (χ0v) is 11.2. The summed E-state index contributed by atoms with van der Waals surface area (Å²) < 4.78 is 40.4. The van der Waals surface area contributed by atoms with E-state index in [1.54, 1.807) is 6.07 Å². The number of nitrogens with one attached hydrogen (secondary N) is 1. The summed E-state index contributed by atoms with van der Waals surface area (Å²) in [4.78, 5) is 4.47. The molecular formula is C14H15F3N2O. The Morgan fingerprint density at radius 2 is 2.00 bits per heavy atom.